The van der Waals surface area contributed by atoms with E-state index in [1.54, 1.807) is 29.2 Å². The summed E-state index contributed by atoms with van der Waals surface area (Å²) < 4.78 is 13.1. The van der Waals surface area contributed by atoms with E-state index in [0.717, 1.165) is 11.1 Å². The van der Waals surface area contributed by atoms with Crippen LogP contribution in [0.3, 0.4) is 0 Å². The van der Waals surface area contributed by atoms with E-state index in [9.17, 15) is 14.0 Å². The molecule has 3 amide bonds. The van der Waals surface area contributed by atoms with Crippen molar-refractivity contribution in [2.75, 3.05) is 10.7 Å². The lowest BCUT2D eigenvalue weighted by Crippen LogP contribution is -2.33. The Hall–Kier alpha value is -2.34. The van der Waals surface area contributed by atoms with Crippen LogP contribution >= 0.6 is 11.8 Å². The molecule has 0 N–H and O–H groups in total. The number of anilines is 1. The third-order valence-electron chi connectivity index (χ3n) is 4.37. The molecule has 0 aromatic heterocycles. The molecular formula is C18H15FN2O2S. The zero-order valence-electron chi connectivity index (χ0n) is 13.0. The van der Waals surface area contributed by atoms with Gasteiger partial charge in [0.15, 0.2) is 0 Å². The van der Waals surface area contributed by atoms with Crippen LogP contribution in [0.2, 0.25) is 0 Å². The van der Waals surface area contributed by atoms with Crippen molar-refractivity contribution in [3.8, 4) is 0 Å². The van der Waals surface area contributed by atoms with Crippen LogP contribution in [-0.2, 0) is 4.79 Å². The van der Waals surface area contributed by atoms with Gasteiger partial charge in [-0.1, -0.05) is 29.8 Å². The Labute approximate surface area is 143 Å². The van der Waals surface area contributed by atoms with E-state index in [1.807, 2.05) is 19.1 Å². The fourth-order valence-electron chi connectivity index (χ4n) is 3.10. The number of amides is 3. The molecule has 2 fully saturated rings. The lowest BCUT2D eigenvalue weighted by Gasteiger charge is -2.23. The van der Waals surface area contributed by atoms with Gasteiger partial charge in [-0.05, 0) is 36.8 Å². The lowest BCUT2D eigenvalue weighted by molar-refractivity contribution is -0.119. The number of benzene rings is 2. The average molecular weight is 342 g/mol. The summed E-state index contributed by atoms with van der Waals surface area (Å²) >= 11 is 1.54. The monoisotopic (exact) mass is 342 g/mol. The van der Waals surface area contributed by atoms with Crippen LogP contribution in [0.1, 0.15) is 16.5 Å². The molecule has 6 heteroatoms. The number of fused-ring (bicyclic) bond motifs is 1. The molecule has 2 aromatic rings. The van der Waals surface area contributed by atoms with Gasteiger partial charge in [0.25, 0.3) is 5.91 Å². The number of rotatable bonds is 2. The maximum absolute atomic E-state index is 13.1. The number of thioether (sulfide) groups is 1. The summed E-state index contributed by atoms with van der Waals surface area (Å²) in [4.78, 5) is 28.4. The van der Waals surface area contributed by atoms with Crippen LogP contribution in [0.4, 0.5) is 14.9 Å². The summed E-state index contributed by atoms with van der Waals surface area (Å²) in [7, 11) is 0. The second kappa shape index (κ2) is 5.63. The first kappa shape index (κ1) is 15.2. The molecule has 0 spiro atoms. The van der Waals surface area contributed by atoms with Gasteiger partial charge in [0, 0.05) is 5.75 Å². The van der Waals surface area contributed by atoms with Gasteiger partial charge in [-0.25, -0.2) is 14.1 Å². The van der Waals surface area contributed by atoms with E-state index >= 15 is 0 Å². The third kappa shape index (κ3) is 2.29. The summed E-state index contributed by atoms with van der Waals surface area (Å²) in [6, 6.07) is 12.7. The summed E-state index contributed by atoms with van der Waals surface area (Å²) in [5.41, 5.74) is 2.49. The first-order valence-corrected chi connectivity index (χ1v) is 8.71. The molecule has 0 bridgehead atoms. The summed E-state index contributed by atoms with van der Waals surface area (Å²) in [6.45, 7) is 1.96. The van der Waals surface area contributed by atoms with E-state index in [1.165, 1.54) is 28.8 Å². The minimum Gasteiger partial charge on any atom is -0.295 e. The first-order valence-electron chi connectivity index (χ1n) is 7.66. The van der Waals surface area contributed by atoms with Crippen molar-refractivity contribution >= 4 is 29.4 Å². The van der Waals surface area contributed by atoms with Crippen LogP contribution in [0.25, 0.3) is 0 Å². The summed E-state index contributed by atoms with van der Waals surface area (Å²) in [6.07, 6.45) is 0. The van der Waals surface area contributed by atoms with Crippen molar-refractivity contribution < 1.29 is 14.0 Å². The van der Waals surface area contributed by atoms with Gasteiger partial charge in [0.2, 0.25) is 0 Å². The SMILES string of the molecule is Cc1ccc(N2C(=O)[C@@H]3CS[C@@H](c4ccc(F)cc4)N3C2=O)cc1. The minimum absolute atomic E-state index is 0.194. The van der Waals surface area contributed by atoms with Gasteiger partial charge in [-0.3, -0.25) is 9.69 Å². The molecule has 0 unspecified atom stereocenters. The van der Waals surface area contributed by atoms with Crippen molar-refractivity contribution in [3.05, 3.63) is 65.5 Å². The molecule has 2 aliphatic rings. The average Bonchev–Trinajstić information content (AvgIpc) is 3.11. The number of imide groups is 1. The number of aryl methyl sites for hydroxylation is 1. The Bertz CT molecular complexity index is 807. The Morgan fingerprint density at radius 3 is 2.38 bits per heavy atom. The number of nitrogens with zero attached hydrogens (tertiary/aromatic N) is 2. The Balaban J connectivity index is 1.67. The van der Waals surface area contributed by atoms with Gasteiger partial charge < -0.3 is 0 Å². The molecule has 2 heterocycles. The van der Waals surface area contributed by atoms with Crippen LogP contribution in [-0.4, -0.2) is 28.6 Å². The molecule has 2 atom stereocenters. The number of urea groups is 1. The Morgan fingerprint density at radius 1 is 1.04 bits per heavy atom. The van der Waals surface area contributed by atoms with Crippen LogP contribution in [0, 0.1) is 12.7 Å². The van der Waals surface area contributed by atoms with Gasteiger partial charge in [-0.2, -0.15) is 0 Å². The third-order valence-corrected chi connectivity index (χ3v) is 5.69. The van der Waals surface area contributed by atoms with Gasteiger partial charge in [0.05, 0.1) is 5.69 Å². The zero-order valence-corrected chi connectivity index (χ0v) is 13.8. The normalized spacial score (nSPS) is 23.1. The van der Waals surface area contributed by atoms with Gasteiger partial charge >= 0.3 is 6.03 Å². The Morgan fingerprint density at radius 2 is 1.71 bits per heavy atom. The first-order chi connectivity index (χ1) is 11.6. The van der Waals surface area contributed by atoms with Gasteiger partial charge in [-0.15, -0.1) is 11.8 Å². The number of hydrogen-bond donors (Lipinski definition) is 0. The van der Waals surface area contributed by atoms with Crippen molar-refractivity contribution in [1.29, 1.82) is 0 Å². The van der Waals surface area contributed by atoms with E-state index < -0.39 is 6.04 Å². The summed E-state index contributed by atoms with van der Waals surface area (Å²) in [5.74, 6) is 0.0407. The number of carbonyl (C=O) groups is 2. The van der Waals surface area contributed by atoms with E-state index in [0.29, 0.717) is 11.4 Å². The zero-order chi connectivity index (χ0) is 16.8. The molecule has 4 nitrogen and oxygen atoms in total. The molecular weight excluding hydrogens is 327 g/mol. The molecule has 0 saturated carbocycles. The quantitative estimate of drug-likeness (QED) is 0.781. The minimum atomic E-state index is -0.459. The topological polar surface area (TPSA) is 40.6 Å². The van der Waals surface area contributed by atoms with E-state index in [2.05, 4.69) is 0 Å². The summed E-state index contributed by atoms with van der Waals surface area (Å²) in [5, 5.41) is -0.262. The van der Waals surface area contributed by atoms with Crippen molar-refractivity contribution in [2.24, 2.45) is 0 Å². The fourth-order valence-corrected chi connectivity index (χ4v) is 4.52. The molecule has 0 radical (unpaired) electrons. The molecule has 2 aromatic carbocycles. The highest BCUT2D eigenvalue weighted by atomic mass is 32.2. The second-order valence-corrected chi connectivity index (χ2v) is 7.07. The number of carbonyl (C=O) groups excluding carboxylic acids is 2. The molecule has 4 rings (SSSR count). The highest BCUT2D eigenvalue weighted by Crippen LogP contribution is 2.46. The molecule has 2 saturated heterocycles. The smallest absolute Gasteiger partial charge is 0.295 e. The maximum atomic E-state index is 13.1. The highest BCUT2D eigenvalue weighted by molar-refractivity contribution is 7.99. The fraction of sp³-hybridized carbons (Fsp3) is 0.222. The van der Waals surface area contributed by atoms with E-state index in [-0.39, 0.29) is 23.1 Å². The highest BCUT2D eigenvalue weighted by Gasteiger charge is 2.53. The number of hydrogen-bond acceptors (Lipinski definition) is 3. The maximum Gasteiger partial charge on any atom is 0.333 e. The van der Waals surface area contributed by atoms with Crippen LogP contribution < -0.4 is 4.90 Å². The van der Waals surface area contributed by atoms with Crippen LogP contribution in [0.5, 0.6) is 0 Å². The standard InChI is InChI=1S/C18H15FN2O2S/c1-11-2-8-14(9-3-11)20-16(22)15-10-24-17(21(15)18(20)23)12-4-6-13(19)7-5-12/h2-9,15,17H,10H2,1H3/t15-,17-/m0/s1. The predicted octanol–water partition coefficient (Wildman–Crippen LogP) is 3.72. The van der Waals surface area contributed by atoms with Crippen molar-refractivity contribution in [2.45, 2.75) is 18.3 Å². The van der Waals surface area contributed by atoms with Gasteiger partial charge in [0.1, 0.15) is 17.2 Å². The van der Waals surface area contributed by atoms with Crippen molar-refractivity contribution in [1.82, 2.24) is 4.90 Å². The molecule has 2 aliphatic heterocycles. The van der Waals surface area contributed by atoms with Crippen LogP contribution in [0.15, 0.2) is 48.5 Å². The number of halogens is 1. The van der Waals surface area contributed by atoms with Crippen molar-refractivity contribution in [3.63, 3.8) is 0 Å². The predicted molar refractivity (Wildman–Crippen MR) is 91.3 cm³/mol. The largest absolute Gasteiger partial charge is 0.333 e. The molecule has 24 heavy (non-hydrogen) atoms. The molecule has 122 valence electrons. The second-order valence-electron chi connectivity index (χ2n) is 5.95. The van der Waals surface area contributed by atoms with E-state index in [4.69, 9.17) is 0 Å². The lowest BCUT2D eigenvalue weighted by atomic mass is 10.2. The Kier molecular flexibility index (Phi) is 3.57. The molecule has 0 aliphatic carbocycles.